The van der Waals surface area contributed by atoms with Crippen molar-refractivity contribution in [3.05, 3.63) is 36.4 Å². The SMILES string of the molecule is CC(Cn1cccn1)NC(=O)[C@H]1CCO[C@@H]1c1cnn(C)c1. The van der Waals surface area contributed by atoms with Gasteiger partial charge in [0.25, 0.3) is 0 Å². The highest BCUT2D eigenvalue weighted by Gasteiger charge is 2.36. The molecule has 1 aliphatic rings. The lowest BCUT2D eigenvalue weighted by molar-refractivity contribution is -0.127. The Morgan fingerprint density at radius 3 is 3.09 bits per heavy atom. The van der Waals surface area contributed by atoms with Crippen LogP contribution in [-0.2, 0) is 23.1 Å². The summed E-state index contributed by atoms with van der Waals surface area (Å²) >= 11 is 0. The molecule has 0 radical (unpaired) electrons. The molecule has 7 nitrogen and oxygen atoms in total. The molecule has 1 saturated heterocycles. The van der Waals surface area contributed by atoms with Gasteiger partial charge in [-0.3, -0.25) is 14.2 Å². The van der Waals surface area contributed by atoms with Gasteiger partial charge in [0.15, 0.2) is 0 Å². The van der Waals surface area contributed by atoms with Gasteiger partial charge in [0.1, 0.15) is 0 Å². The van der Waals surface area contributed by atoms with Gasteiger partial charge in [0.05, 0.1) is 24.8 Å². The molecular formula is C15H21N5O2. The number of carbonyl (C=O) groups excluding carboxylic acids is 1. The van der Waals surface area contributed by atoms with Crippen LogP contribution in [0.5, 0.6) is 0 Å². The van der Waals surface area contributed by atoms with Crippen LogP contribution in [0.3, 0.4) is 0 Å². The number of aromatic nitrogens is 4. The Labute approximate surface area is 129 Å². The summed E-state index contributed by atoms with van der Waals surface area (Å²) < 4.78 is 9.28. The zero-order valence-electron chi connectivity index (χ0n) is 12.8. The van der Waals surface area contributed by atoms with E-state index in [0.29, 0.717) is 13.2 Å². The maximum Gasteiger partial charge on any atom is 0.226 e. The normalized spacial score (nSPS) is 22.6. The number of carbonyl (C=O) groups is 1. The molecule has 2 aromatic heterocycles. The Morgan fingerprint density at radius 2 is 2.41 bits per heavy atom. The fourth-order valence-electron chi connectivity index (χ4n) is 2.86. The lowest BCUT2D eigenvalue weighted by Crippen LogP contribution is -2.40. The average Bonchev–Trinajstić information content (AvgIpc) is 3.17. The molecule has 22 heavy (non-hydrogen) atoms. The molecule has 0 aromatic carbocycles. The van der Waals surface area contributed by atoms with Crippen LogP contribution in [-0.4, -0.2) is 38.1 Å². The largest absolute Gasteiger partial charge is 0.373 e. The van der Waals surface area contributed by atoms with E-state index in [1.807, 2.05) is 37.1 Å². The predicted octanol–water partition coefficient (Wildman–Crippen LogP) is 0.899. The van der Waals surface area contributed by atoms with Gasteiger partial charge in [-0.15, -0.1) is 0 Å². The van der Waals surface area contributed by atoms with Crippen LogP contribution in [0, 0.1) is 5.92 Å². The first kappa shape index (κ1) is 14.8. The van der Waals surface area contributed by atoms with E-state index >= 15 is 0 Å². The third-order valence-electron chi connectivity index (χ3n) is 3.89. The molecular weight excluding hydrogens is 282 g/mol. The van der Waals surface area contributed by atoms with E-state index in [9.17, 15) is 4.79 Å². The van der Waals surface area contributed by atoms with E-state index in [1.54, 1.807) is 17.1 Å². The summed E-state index contributed by atoms with van der Waals surface area (Å²) in [5, 5.41) is 11.4. The molecule has 1 N–H and O–H groups in total. The molecule has 0 bridgehead atoms. The average molecular weight is 303 g/mol. The molecule has 1 aliphatic heterocycles. The fourth-order valence-corrected chi connectivity index (χ4v) is 2.86. The summed E-state index contributed by atoms with van der Waals surface area (Å²) in [5.74, 6) is -0.129. The van der Waals surface area contributed by atoms with Crippen molar-refractivity contribution in [1.29, 1.82) is 0 Å². The van der Waals surface area contributed by atoms with Crippen LogP contribution in [0.15, 0.2) is 30.9 Å². The smallest absolute Gasteiger partial charge is 0.226 e. The Hall–Kier alpha value is -2.15. The number of aryl methyl sites for hydroxylation is 1. The third-order valence-corrected chi connectivity index (χ3v) is 3.89. The summed E-state index contributed by atoms with van der Waals surface area (Å²) in [7, 11) is 1.86. The van der Waals surface area contributed by atoms with E-state index < -0.39 is 0 Å². The van der Waals surface area contributed by atoms with Gasteiger partial charge in [-0.2, -0.15) is 10.2 Å². The van der Waals surface area contributed by atoms with Crippen LogP contribution in [0.4, 0.5) is 0 Å². The number of ether oxygens (including phenoxy) is 1. The highest BCUT2D eigenvalue weighted by Crippen LogP contribution is 2.34. The number of hydrogen-bond acceptors (Lipinski definition) is 4. The second-order valence-corrected chi connectivity index (χ2v) is 5.77. The van der Waals surface area contributed by atoms with Gasteiger partial charge in [-0.1, -0.05) is 0 Å². The van der Waals surface area contributed by atoms with Crippen LogP contribution in [0.2, 0.25) is 0 Å². The molecule has 3 heterocycles. The van der Waals surface area contributed by atoms with Crippen molar-refractivity contribution in [2.75, 3.05) is 6.61 Å². The lowest BCUT2D eigenvalue weighted by atomic mass is 9.96. The van der Waals surface area contributed by atoms with Crippen molar-refractivity contribution in [1.82, 2.24) is 24.9 Å². The summed E-state index contributed by atoms with van der Waals surface area (Å²) in [6.45, 7) is 3.24. The summed E-state index contributed by atoms with van der Waals surface area (Å²) in [4.78, 5) is 12.5. The van der Waals surface area contributed by atoms with E-state index in [-0.39, 0.29) is 24.0 Å². The van der Waals surface area contributed by atoms with Gasteiger partial charge in [-0.25, -0.2) is 0 Å². The molecule has 3 atom stereocenters. The Balaban J connectivity index is 1.61. The molecule has 3 rings (SSSR count). The molecule has 118 valence electrons. The Kier molecular flexibility index (Phi) is 4.24. The van der Waals surface area contributed by atoms with E-state index in [2.05, 4.69) is 15.5 Å². The quantitative estimate of drug-likeness (QED) is 0.890. The first-order chi connectivity index (χ1) is 10.6. The number of amides is 1. The van der Waals surface area contributed by atoms with Gasteiger partial charge in [0, 0.05) is 43.9 Å². The minimum Gasteiger partial charge on any atom is -0.373 e. The molecule has 0 saturated carbocycles. The Bertz CT molecular complexity index is 622. The molecule has 0 aliphatic carbocycles. The van der Waals surface area contributed by atoms with Crippen LogP contribution >= 0.6 is 0 Å². The number of nitrogens with zero attached hydrogens (tertiary/aromatic N) is 4. The van der Waals surface area contributed by atoms with Crippen LogP contribution in [0.25, 0.3) is 0 Å². The minimum absolute atomic E-state index is 0.0162. The van der Waals surface area contributed by atoms with Crippen molar-refractivity contribution >= 4 is 5.91 Å². The van der Waals surface area contributed by atoms with Crippen molar-refractivity contribution in [2.24, 2.45) is 13.0 Å². The van der Waals surface area contributed by atoms with Gasteiger partial charge in [0.2, 0.25) is 5.91 Å². The van der Waals surface area contributed by atoms with Crippen molar-refractivity contribution < 1.29 is 9.53 Å². The lowest BCUT2D eigenvalue weighted by Gasteiger charge is -2.20. The minimum atomic E-state index is -0.203. The first-order valence-electron chi connectivity index (χ1n) is 7.51. The molecule has 0 spiro atoms. The van der Waals surface area contributed by atoms with Crippen molar-refractivity contribution in [3.8, 4) is 0 Å². The highest BCUT2D eigenvalue weighted by atomic mass is 16.5. The fraction of sp³-hybridized carbons (Fsp3) is 0.533. The highest BCUT2D eigenvalue weighted by molar-refractivity contribution is 5.80. The molecule has 1 fully saturated rings. The molecule has 7 heteroatoms. The summed E-state index contributed by atoms with van der Waals surface area (Å²) in [6, 6.07) is 1.89. The number of nitrogens with one attached hydrogen (secondary N) is 1. The molecule has 1 amide bonds. The van der Waals surface area contributed by atoms with Crippen molar-refractivity contribution in [2.45, 2.75) is 32.0 Å². The van der Waals surface area contributed by atoms with Crippen LogP contribution in [0.1, 0.15) is 25.0 Å². The second-order valence-electron chi connectivity index (χ2n) is 5.77. The van der Waals surface area contributed by atoms with E-state index in [0.717, 1.165) is 12.0 Å². The first-order valence-corrected chi connectivity index (χ1v) is 7.51. The standard InChI is InChI=1S/C15H21N5O2/c1-11(9-20-6-3-5-16-20)18-15(21)13-4-7-22-14(13)12-8-17-19(2)10-12/h3,5-6,8,10-11,13-14H,4,7,9H2,1-2H3,(H,18,21)/t11?,13-,14+/m0/s1. The zero-order valence-corrected chi connectivity index (χ0v) is 12.8. The van der Waals surface area contributed by atoms with E-state index in [4.69, 9.17) is 4.74 Å². The monoisotopic (exact) mass is 303 g/mol. The van der Waals surface area contributed by atoms with Crippen molar-refractivity contribution in [3.63, 3.8) is 0 Å². The summed E-state index contributed by atoms with van der Waals surface area (Å²) in [5.41, 5.74) is 0.958. The Morgan fingerprint density at radius 1 is 1.55 bits per heavy atom. The molecule has 1 unspecified atom stereocenters. The van der Waals surface area contributed by atoms with Gasteiger partial charge >= 0.3 is 0 Å². The second kappa shape index (κ2) is 6.31. The van der Waals surface area contributed by atoms with Crippen LogP contribution < -0.4 is 5.32 Å². The maximum atomic E-state index is 12.5. The predicted molar refractivity (Wildman–Crippen MR) is 79.8 cm³/mol. The van der Waals surface area contributed by atoms with Gasteiger partial charge in [-0.05, 0) is 19.4 Å². The summed E-state index contributed by atoms with van der Waals surface area (Å²) in [6.07, 6.45) is 7.83. The number of rotatable bonds is 5. The number of hydrogen-bond donors (Lipinski definition) is 1. The van der Waals surface area contributed by atoms with Gasteiger partial charge < -0.3 is 10.1 Å². The zero-order chi connectivity index (χ0) is 15.5. The van der Waals surface area contributed by atoms with E-state index in [1.165, 1.54) is 0 Å². The third kappa shape index (κ3) is 3.19. The topological polar surface area (TPSA) is 74.0 Å². The molecule has 2 aromatic rings. The maximum absolute atomic E-state index is 12.5.